The van der Waals surface area contributed by atoms with Crippen molar-refractivity contribution in [2.24, 2.45) is 17.8 Å². The summed E-state index contributed by atoms with van der Waals surface area (Å²) in [6, 6.07) is 0. The Kier molecular flexibility index (Phi) is 3.34. The van der Waals surface area contributed by atoms with Crippen LogP contribution in [0.1, 0.15) is 33.1 Å². The van der Waals surface area contributed by atoms with Crippen LogP contribution in [0, 0.1) is 17.8 Å². The molecule has 13 heavy (non-hydrogen) atoms. The van der Waals surface area contributed by atoms with E-state index in [1.165, 1.54) is 12.8 Å². The fraction of sp³-hybridized carbons (Fsp3) is 0.909. The maximum Gasteiger partial charge on any atom is 0.225 e. The van der Waals surface area contributed by atoms with Gasteiger partial charge < -0.3 is 4.90 Å². The Labute approximate surface area is 81.3 Å². The number of amides is 1. The van der Waals surface area contributed by atoms with E-state index in [9.17, 15) is 4.79 Å². The Morgan fingerprint density at radius 3 is 2.38 bits per heavy atom. The molecule has 1 fully saturated rings. The van der Waals surface area contributed by atoms with E-state index in [4.69, 9.17) is 0 Å². The molecule has 0 unspecified atom stereocenters. The van der Waals surface area contributed by atoms with E-state index in [2.05, 4.69) is 13.8 Å². The predicted molar refractivity (Wildman–Crippen MR) is 54.4 cm³/mol. The summed E-state index contributed by atoms with van der Waals surface area (Å²) in [6.45, 7) is 4.46. The van der Waals surface area contributed by atoms with Crippen molar-refractivity contribution in [3.8, 4) is 0 Å². The highest BCUT2D eigenvalue weighted by atomic mass is 16.2. The van der Waals surface area contributed by atoms with Gasteiger partial charge in [-0.25, -0.2) is 0 Å². The summed E-state index contributed by atoms with van der Waals surface area (Å²) in [5.41, 5.74) is 0. The number of carbonyl (C=O) groups excluding carboxylic acids is 1. The standard InChI is InChI=1S/C11H21NO/c1-8(2)9-6-5-7-10(9)11(13)12(3)4/h8-10H,5-7H2,1-4H3/t9-,10+/m0/s1. The molecule has 0 bridgehead atoms. The van der Waals surface area contributed by atoms with E-state index < -0.39 is 0 Å². The highest BCUT2D eigenvalue weighted by molar-refractivity contribution is 5.78. The summed E-state index contributed by atoms with van der Waals surface area (Å²) in [5.74, 6) is 1.90. The second-order valence-electron chi connectivity index (χ2n) is 4.68. The second kappa shape index (κ2) is 4.12. The molecule has 1 aliphatic rings. The summed E-state index contributed by atoms with van der Waals surface area (Å²) in [7, 11) is 3.72. The van der Waals surface area contributed by atoms with E-state index >= 15 is 0 Å². The van der Waals surface area contributed by atoms with Gasteiger partial charge in [0, 0.05) is 20.0 Å². The smallest absolute Gasteiger partial charge is 0.225 e. The highest BCUT2D eigenvalue weighted by Crippen LogP contribution is 2.37. The molecule has 0 N–H and O–H groups in total. The minimum absolute atomic E-state index is 0.301. The van der Waals surface area contributed by atoms with Crippen molar-refractivity contribution in [3.63, 3.8) is 0 Å². The van der Waals surface area contributed by atoms with Gasteiger partial charge in [-0.15, -0.1) is 0 Å². The summed E-state index contributed by atoms with van der Waals surface area (Å²) in [5, 5.41) is 0. The fourth-order valence-electron chi connectivity index (χ4n) is 2.42. The molecule has 0 saturated heterocycles. The molecule has 1 rings (SSSR count). The third kappa shape index (κ3) is 2.23. The van der Waals surface area contributed by atoms with Crippen LogP contribution < -0.4 is 0 Å². The molecule has 0 radical (unpaired) electrons. The minimum atomic E-state index is 0.301. The number of rotatable bonds is 2. The normalized spacial score (nSPS) is 28.1. The molecule has 1 saturated carbocycles. The SMILES string of the molecule is CC(C)[C@@H]1CCC[C@H]1C(=O)N(C)C. The largest absolute Gasteiger partial charge is 0.349 e. The Hall–Kier alpha value is -0.530. The van der Waals surface area contributed by atoms with Crippen LogP contribution >= 0.6 is 0 Å². The molecule has 0 aromatic rings. The van der Waals surface area contributed by atoms with Gasteiger partial charge in [0.25, 0.3) is 0 Å². The molecule has 2 atom stereocenters. The Bertz CT molecular complexity index is 187. The first kappa shape index (κ1) is 10.6. The van der Waals surface area contributed by atoms with Crippen molar-refractivity contribution in [1.29, 1.82) is 0 Å². The van der Waals surface area contributed by atoms with Gasteiger partial charge in [-0.2, -0.15) is 0 Å². The zero-order chi connectivity index (χ0) is 10.0. The van der Waals surface area contributed by atoms with Crippen LogP contribution in [-0.4, -0.2) is 24.9 Å². The second-order valence-corrected chi connectivity index (χ2v) is 4.68. The van der Waals surface area contributed by atoms with Crippen molar-refractivity contribution in [1.82, 2.24) is 4.90 Å². The maximum atomic E-state index is 11.8. The van der Waals surface area contributed by atoms with Crippen LogP contribution in [0.25, 0.3) is 0 Å². The van der Waals surface area contributed by atoms with Gasteiger partial charge in [0.2, 0.25) is 5.91 Å². The number of carbonyl (C=O) groups is 1. The third-order valence-corrected chi connectivity index (χ3v) is 3.18. The van der Waals surface area contributed by atoms with Crippen LogP contribution in [0.2, 0.25) is 0 Å². The monoisotopic (exact) mass is 183 g/mol. The van der Waals surface area contributed by atoms with Crippen LogP contribution in [0.5, 0.6) is 0 Å². The zero-order valence-electron chi connectivity index (χ0n) is 9.21. The van der Waals surface area contributed by atoms with Crippen LogP contribution in [0.3, 0.4) is 0 Å². The van der Waals surface area contributed by atoms with E-state index in [1.807, 2.05) is 14.1 Å². The Balaban J connectivity index is 2.63. The summed E-state index contributed by atoms with van der Waals surface area (Å²) in [4.78, 5) is 13.5. The lowest BCUT2D eigenvalue weighted by Gasteiger charge is -2.24. The highest BCUT2D eigenvalue weighted by Gasteiger charge is 2.35. The number of hydrogen-bond donors (Lipinski definition) is 0. The first-order valence-corrected chi connectivity index (χ1v) is 5.25. The van der Waals surface area contributed by atoms with E-state index in [0.29, 0.717) is 23.7 Å². The van der Waals surface area contributed by atoms with Crippen LogP contribution in [0.15, 0.2) is 0 Å². The molecule has 2 nitrogen and oxygen atoms in total. The average Bonchev–Trinajstić information content (AvgIpc) is 2.50. The van der Waals surface area contributed by atoms with Gasteiger partial charge in [-0.1, -0.05) is 20.3 Å². The maximum absolute atomic E-state index is 11.8. The quantitative estimate of drug-likeness (QED) is 0.642. The molecule has 1 aliphatic carbocycles. The van der Waals surface area contributed by atoms with Crippen molar-refractivity contribution in [3.05, 3.63) is 0 Å². The van der Waals surface area contributed by atoms with Gasteiger partial charge in [-0.05, 0) is 24.7 Å². The predicted octanol–water partition coefficient (Wildman–Crippen LogP) is 2.15. The minimum Gasteiger partial charge on any atom is -0.349 e. The number of nitrogens with zero attached hydrogens (tertiary/aromatic N) is 1. The Morgan fingerprint density at radius 1 is 1.31 bits per heavy atom. The molecule has 0 aromatic heterocycles. The molecule has 1 amide bonds. The van der Waals surface area contributed by atoms with E-state index in [-0.39, 0.29) is 0 Å². The third-order valence-electron chi connectivity index (χ3n) is 3.18. The molecule has 0 spiro atoms. The van der Waals surface area contributed by atoms with Gasteiger partial charge in [0.1, 0.15) is 0 Å². The lowest BCUT2D eigenvalue weighted by Crippen LogP contribution is -2.33. The van der Waals surface area contributed by atoms with Gasteiger partial charge in [0.15, 0.2) is 0 Å². The topological polar surface area (TPSA) is 20.3 Å². The lowest BCUT2D eigenvalue weighted by atomic mass is 9.85. The average molecular weight is 183 g/mol. The summed E-state index contributed by atoms with van der Waals surface area (Å²) in [6.07, 6.45) is 3.56. The van der Waals surface area contributed by atoms with Crippen LogP contribution in [-0.2, 0) is 4.79 Å². The van der Waals surface area contributed by atoms with Crippen molar-refractivity contribution in [2.45, 2.75) is 33.1 Å². The van der Waals surface area contributed by atoms with Gasteiger partial charge in [0.05, 0.1) is 0 Å². The van der Waals surface area contributed by atoms with Crippen molar-refractivity contribution < 1.29 is 4.79 Å². The van der Waals surface area contributed by atoms with Gasteiger partial charge >= 0.3 is 0 Å². The van der Waals surface area contributed by atoms with Crippen molar-refractivity contribution >= 4 is 5.91 Å². The molecule has 0 aromatic carbocycles. The first-order valence-electron chi connectivity index (χ1n) is 5.25. The van der Waals surface area contributed by atoms with Crippen molar-refractivity contribution in [2.75, 3.05) is 14.1 Å². The molecule has 0 aliphatic heterocycles. The molecule has 0 heterocycles. The summed E-state index contributed by atoms with van der Waals surface area (Å²) >= 11 is 0. The zero-order valence-corrected chi connectivity index (χ0v) is 9.21. The fourth-order valence-corrected chi connectivity index (χ4v) is 2.42. The molecule has 2 heteroatoms. The molecular weight excluding hydrogens is 162 g/mol. The van der Waals surface area contributed by atoms with E-state index in [0.717, 1.165) is 6.42 Å². The van der Waals surface area contributed by atoms with Crippen LogP contribution in [0.4, 0.5) is 0 Å². The number of hydrogen-bond acceptors (Lipinski definition) is 1. The first-order chi connectivity index (χ1) is 6.04. The van der Waals surface area contributed by atoms with E-state index in [1.54, 1.807) is 4.90 Å². The Morgan fingerprint density at radius 2 is 1.92 bits per heavy atom. The molecular formula is C11H21NO. The molecule has 76 valence electrons. The summed E-state index contributed by atoms with van der Waals surface area (Å²) < 4.78 is 0. The lowest BCUT2D eigenvalue weighted by molar-refractivity contribution is -0.134. The van der Waals surface area contributed by atoms with Gasteiger partial charge in [-0.3, -0.25) is 4.79 Å².